The lowest BCUT2D eigenvalue weighted by molar-refractivity contribution is -0.143. The highest BCUT2D eigenvalue weighted by atomic mass is 32.2. The molecule has 0 spiro atoms. The molecule has 3 N–H and O–H groups in total. The van der Waals surface area contributed by atoms with Gasteiger partial charge in [0.25, 0.3) is 0 Å². The molecular formula is C16H28F3N5O3S. The van der Waals surface area contributed by atoms with Gasteiger partial charge in [0, 0.05) is 38.1 Å². The van der Waals surface area contributed by atoms with Gasteiger partial charge in [0.2, 0.25) is 5.91 Å². The summed E-state index contributed by atoms with van der Waals surface area (Å²) in [6.07, 6.45) is -3.09. The first kappa shape index (κ1) is 22.7. The van der Waals surface area contributed by atoms with E-state index in [1.807, 2.05) is 6.92 Å². The van der Waals surface area contributed by atoms with Gasteiger partial charge in [-0.2, -0.15) is 13.2 Å². The van der Waals surface area contributed by atoms with E-state index in [2.05, 4.69) is 20.9 Å². The second-order valence-electron chi connectivity index (χ2n) is 7.16. The lowest BCUT2D eigenvalue weighted by atomic mass is 10.2. The van der Waals surface area contributed by atoms with Crippen molar-refractivity contribution in [3.63, 3.8) is 0 Å². The van der Waals surface area contributed by atoms with E-state index in [0.717, 1.165) is 0 Å². The topological polar surface area (TPSA) is 103 Å². The number of likely N-dealkylation sites (tertiary alicyclic amines) is 1. The van der Waals surface area contributed by atoms with Crippen molar-refractivity contribution in [3.05, 3.63) is 0 Å². The number of sulfone groups is 1. The van der Waals surface area contributed by atoms with Crippen LogP contribution in [-0.2, 0) is 14.6 Å². The molecule has 12 heteroatoms. The second kappa shape index (κ2) is 9.77. The zero-order chi connectivity index (χ0) is 20.8. The third-order valence-corrected chi connectivity index (χ3v) is 6.33. The van der Waals surface area contributed by atoms with E-state index in [-0.39, 0.29) is 49.0 Å². The van der Waals surface area contributed by atoms with E-state index in [9.17, 15) is 26.4 Å². The largest absolute Gasteiger partial charge is 0.401 e. The third kappa shape index (κ3) is 8.21. The van der Waals surface area contributed by atoms with Crippen LogP contribution >= 0.6 is 0 Å². The van der Waals surface area contributed by atoms with Crippen LogP contribution < -0.4 is 16.0 Å². The molecule has 0 aromatic heterocycles. The maximum atomic E-state index is 12.5. The summed E-state index contributed by atoms with van der Waals surface area (Å²) in [4.78, 5) is 17.6. The molecule has 2 fully saturated rings. The average molecular weight is 427 g/mol. The second-order valence-corrected chi connectivity index (χ2v) is 9.39. The Morgan fingerprint density at radius 1 is 1.21 bits per heavy atom. The summed E-state index contributed by atoms with van der Waals surface area (Å²) < 4.78 is 60.2. The normalized spacial score (nSPS) is 25.6. The van der Waals surface area contributed by atoms with Crippen molar-refractivity contribution in [2.75, 3.05) is 44.2 Å². The molecule has 0 aromatic carbocycles. The molecule has 2 aliphatic heterocycles. The first-order chi connectivity index (χ1) is 13.1. The van der Waals surface area contributed by atoms with Crippen molar-refractivity contribution in [2.45, 2.75) is 44.4 Å². The van der Waals surface area contributed by atoms with Crippen LogP contribution in [0.5, 0.6) is 0 Å². The highest BCUT2D eigenvalue weighted by Crippen LogP contribution is 2.19. The number of amides is 1. The summed E-state index contributed by atoms with van der Waals surface area (Å²) in [5, 5.41) is 8.83. The lowest BCUT2D eigenvalue weighted by Gasteiger charge is -2.19. The van der Waals surface area contributed by atoms with Crippen LogP contribution in [0.3, 0.4) is 0 Å². The minimum Gasteiger partial charge on any atom is -0.357 e. The number of guanidine groups is 1. The van der Waals surface area contributed by atoms with Crippen molar-refractivity contribution in [1.29, 1.82) is 0 Å². The standard InChI is InChI=1S/C16H28F3N5O3S/c1-2-20-15(23-12-4-7-24(9-12)11-16(17,18)19)21-6-3-14(25)22-13-5-8-28(26,27)10-13/h12-13H,2-11H2,1H3,(H,22,25)(H2,20,21,23). The molecule has 2 saturated heterocycles. The van der Waals surface area contributed by atoms with Crippen LogP contribution in [0.15, 0.2) is 4.99 Å². The van der Waals surface area contributed by atoms with Gasteiger partial charge in [-0.05, 0) is 19.8 Å². The highest BCUT2D eigenvalue weighted by Gasteiger charge is 2.34. The van der Waals surface area contributed by atoms with Gasteiger partial charge < -0.3 is 16.0 Å². The maximum Gasteiger partial charge on any atom is 0.401 e. The maximum absolute atomic E-state index is 12.5. The summed E-state index contributed by atoms with van der Waals surface area (Å²) in [5.74, 6) is 0.260. The minimum absolute atomic E-state index is 0.0255. The molecule has 162 valence electrons. The molecule has 0 bridgehead atoms. The van der Waals surface area contributed by atoms with Gasteiger partial charge in [0.05, 0.1) is 24.6 Å². The fourth-order valence-corrected chi connectivity index (χ4v) is 5.01. The smallest absolute Gasteiger partial charge is 0.357 e. The Hall–Kier alpha value is -1.56. The molecule has 8 nitrogen and oxygen atoms in total. The average Bonchev–Trinajstić information content (AvgIpc) is 3.11. The fourth-order valence-electron chi connectivity index (χ4n) is 3.34. The molecule has 2 unspecified atom stereocenters. The quantitative estimate of drug-likeness (QED) is 0.387. The minimum atomic E-state index is -4.21. The molecule has 0 saturated carbocycles. The van der Waals surface area contributed by atoms with Crippen LogP contribution in [0, 0.1) is 0 Å². The Balaban J connectivity index is 1.75. The van der Waals surface area contributed by atoms with E-state index in [1.54, 1.807) is 0 Å². The van der Waals surface area contributed by atoms with Crippen LogP contribution in [-0.4, -0.2) is 87.7 Å². The number of nitrogens with one attached hydrogen (secondary N) is 3. The monoisotopic (exact) mass is 427 g/mol. The predicted molar refractivity (Wildman–Crippen MR) is 99.8 cm³/mol. The van der Waals surface area contributed by atoms with Crippen molar-refractivity contribution >= 4 is 21.7 Å². The Kier molecular flexibility index (Phi) is 7.93. The number of hydrogen-bond acceptors (Lipinski definition) is 5. The van der Waals surface area contributed by atoms with Gasteiger partial charge in [0.1, 0.15) is 0 Å². The number of rotatable bonds is 7. The number of carbonyl (C=O) groups is 1. The van der Waals surface area contributed by atoms with Crippen molar-refractivity contribution in [3.8, 4) is 0 Å². The summed E-state index contributed by atoms with van der Waals surface area (Å²) in [5.41, 5.74) is 0. The summed E-state index contributed by atoms with van der Waals surface area (Å²) in [6.45, 7) is 2.37. The number of aliphatic imine (C=N–C) groups is 1. The van der Waals surface area contributed by atoms with Gasteiger partial charge in [-0.15, -0.1) is 0 Å². The van der Waals surface area contributed by atoms with Gasteiger partial charge >= 0.3 is 6.18 Å². The number of carbonyl (C=O) groups excluding carboxylic acids is 1. The van der Waals surface area contributed by atoms with E-state index < -0.39 is 22.6 Å². The SMILES string of the molecule is CCNC(=NCCC(=O)NC1CCS(=O)(=O)C1)NC1CCN(CC(F)(F)F)C1. The predicted octanol–water partition coefficient (Wildman–Crippen LogP) is -0.128. The fraction of sp³-hybridized carbons (Fsp3) is 0.875. The van der Waals surface area contributed by atoms with Crippen molar-refractivity contribution in [1.82, 2.24) is 20.9 Å². The molecular weight excluding hydrogens is 399 g/mol. The Morgan fingerprint density at radius 3 is 2.57 bits per heavy atom. The van der Waals surface area contributed by atoms with Crippen LogP contribution in [0.4, 0.5) is 13.2 Å². The van der Waals surface area contributed by atoms with Crippen LogP contribution in [0.1, 0.15) is 26.2 Å². The summed E-state index contributed by atoms with van der Waals surface area (Å²) >= 11 is 0. The summed E-state index contributed by atoms with van der Waals surface area (Å²) in [7, 11) is -3.05. The van der Waals surface area contributed by atoms with E-state index in [1.165, 1.54) is 4.90 Å². The summed E-state index contributed by atoms with van der Waals surface area (Å²) in [6, 6.07) is -0.483. The molecule has 0 aliphatic carbocycles. The Labute approximate surface area is 163 Å². The third-order valence-electron chi connectivity index (χ3n) is 4.57. The van der Waals surface area contributed by atoms with E-state index in [4.69, 9.17) is 0 Å². The number of halogens is 3. The number of nitrogens with zero attached hydrogens (tertiary/aromatic N) is 2. The van der Waals surface area contributed by atoms with Gasteiger partial charge in [-0.3, -0.25) is 14.7 Å². The molecule has 2 heterocycles. The van der Waals surface area contributed by atoms with E-state index >= 15 is 0 Å². The molecule has 28 heavy (non-hydrogen) atoms. The first-order valence-electron chi connectivity index (χ1n) is 9.40. The molecule has 2 aliphatic rings. The van der Waals surface area contributed by atoms with Crippen LogP contribution in [0.25, 0.3) is 0 Å². The number of alkyl halides is 3. The molecule has 1 amide bonds. The molecule has 0 aromatic rings. The zero-order valence-electron chi connectivity index (χ0n) is 15.9. The van der Waals surface area contributed by atoms with Crippen LogP contribution in [0.2, 0.25) is 0 Å². The molecule has 2 atom stereocenters. The van der Waals surface area contributed by atoms with Gasteiger partial charge in [0.15, 0.2) is 15.8 Å². The first-order valence-corrected chi connectivity index (χ1v) is 11.2. The van der Waals surface area contributed by atoms with E-state index in [0.29, 0.717) is 31.9 Å². The Morgan fingerprint density at radius 2 is 1.96 bits per heavy atom. The number of hydrogen-bond donors (Lipinski definition) is 3. The highest BCUT2D eigenvalue weighted by molar-refractivity contribution is 7.91. The van der Waals surface area contributed by atoms with Gasteiger partial charge in [-0.1, -0.05) is 0 Å². The molecule has 2 rings (SSSR count). The van der Waals surface area contributed by atoms with Gasteiger partial charge in [-0.25, -0.2) is 8.42 Å². The lowest BCUT2D eigenvalue weighted by Crippen LogP contribution is -2.45. The van der Waals surface area contributed by atoms with Crippen molar-refractivity contribution in [2.24, 2.45) is 4.99 Å². The zero-order valence-corrected chi connectivity index (χ0v) is 16.7. The van der Waals surface area contributed by atoms with Crippen molar-refractivity contribution < 1.29 is 26.4 Å². The molecule has 0 radical (unpaired) electrons. The Bertz CT molecular complexity index is 669.